The molecule has 0 aliphatic carbocycles. The molecule has 0 fully saturated rings. The van der Waals surface area contributed by atoms with Crippen LogP contribution in [0.25, 0.3) is 0 Å². The molecule has 0 amide bonds. The summed E-state index contributed by atoms with van der Waals surface area (Å²) in [6, 6.07) is 0. The Hall–Kier alpha value is -0.0800. The number of rotatable bonds is 4. The van der Waals surface area contributed by atoms with Crippen LogP contribution in [0.15, 0.2) is 0 Å². The zero-order chi connectivity index (χ0) is 6.41. The maximum atomic E-state index is 5.26. The Labute approximate surface area is 50.8 Å². The van der Waals surface area contributed by atoms with Crippen LogP contribution in [-0.2, 0) is 9.47 Å². The van der Waals surface area contributed by atoms with Crippen molar-refractivity contribution in [1.29, 1.82) is 0 Å². The van der Waals surface area contributed by atoms with Gasteiger partial charge in [-0.05, 0) is 13.3 Å². The minimum Gasteiger partial charge on any atom is -0.382 e. The molecule has 0 aromatic carbocycles. The number of hydrogen-bond acceptors (Lipinski definition) is 2. The second-order valence-electron chi connectivity index (χ2n) is 1.55. The fraction of sp³-hybridized carbons (Fsp3) is 0.833. The summed E-state index contributed by atoms with van der Waals surface area (Å²) in [6.45, 7) is 5.84. The number of hydrogen-bond donors (Lipinski definition) is 0. The Kier molecular flexibility index (Phi) is 5.01. The number of methoxy groups -OCH3 is 2. The highest BCUT2D eigenvalue weighted by atomic mass is 16.5. The third kappa shape index (κ3) is 2.99. The van der Waals surface area contributed by atoms with Crippen LogP contribution in [0.1, 0.15) is 6.42 Å². The third-order valence-electron chi connectivity index (χ3n) is 0.949. The van der Waals surface area contributed by atoms with Crippen molar-refractivity contribution in [2.45, 2.75) is 12.5 Å². The molecule has 0 heterocycles. The molecule has 0 saturated heterocycles. The summed E-state index contributed by atoms with van der Waals surface area (Å²) in [5.41, 5.74) is 0. The predicted molar refractivity (Wildman–Crippen MR) is 31.6 cm³/mol. The van der Waals surface area contributed by atoms with Gasteiger partial charge in [-0.3, -0.25) is 0 Å². The SMILES string of the molecule is [CH]CC(COC)OC. The molecule has 8 heavy (non-hydrogen) atoms. The standard InChI is InChI=1S/C6H12O2/c1-4-6(8-3)5-7-2/h1,6H,4-5H2,2-3H3. The van der Waals surface area contributed by atoms with E-state index in [1.165, 1.54) is 0 Å². The second-order valence-corrected chi connectivity index (χ2v) is 1.55. The van der Waals surface area contributed by atoms with E-state index in [4.69, 9.17) is 16.4 Å². The molecule has 48 valence electrons. The summed E-state index contributed by atoms with van der Waals surface area (Å²) in [5.74, 6) is 0. The lowest BCUT2D eigenvalue weighted by Crippen LogP contribution is -2.15. The van der Waals surface area contributed by atoms with Crippen LogP contribution in [0, 0.1) is 6.92 Å². The normalized spacial score (nSPS) is 13.9. The van der Waals surface area contributed by atoms with Crippen molar-refractivity contribution >= 4 is 0 Å². The molecule has 0 aliphatic rings. The van der Waals surface area contributed by atoms with Crippen molar-refractivity contribution in [3.05, 3.63) is 6.92 Å². The van der Waals surface area contributed by atoms with Gasteiger partial charge in [-0.2, -0.15) is 0 Å². The van der Waals surface area contributed by atoms with E-state index in [2.05, 4.69) is 0 Å². The highest BCUT2D eigenvalue weighted by Gasteiger charge is 2.00. The molecule has 0 spiro atoms. The monoisotopic (exact) mass is 116 g/mol. The summed E-state index contributed by atoms with van der Waals surface area (Å²) in [5, 5.41) is 0. The van der Waals surface area contributed by atoms with E-state index in [9.17, 15) is 0 Å². The molecule has 2 heteroatoms. The van der Waals surface area contributed by atoms with E-state index >= 15 is 0 Å². The van der Waals surface area contributed by atoms with E-state index in [0.29, 0.717) is 13.0 Å². The Morgan fingerprint density at radius 3 is 2.25 bits per heavy atom. The van der Waals surface area contributed by atoms with Crippen LogP contribution in [0.5, 0.6) is 0 Å². The average Bonchev–Trinajstić information content (AvgIpc) is 1.83. The van der Waals surface area contributed by atoms with E-state index in [1.54, 1.807) is 14.2 Å². The summed E-state index contributed by atoms with van der Waals surface area (Å²) in [4.78, 5) is 0. The van der Waals surface area contributed by atoms with Gasteiger partial charge in [0.1, 0.15) is 0 Å². The van der Waals surface area contributed by atoms with Crippen molar-refractivity contribution in [3.63, 3.8) is 0 Å². The van der Waals surface area contributed by atoms with Crippen LogP contribution >= 0.6 is 0 Å². The van der Waals surface area contributed by atoms with Gasteiger partial charge in [0.15, 0.2) is 0 Å². The molecule has 0 aromatic rings. The zero-order valence-electron chi connectivity index (χ0n) is 5.39. The maximum Gasteiger partial charge on any atom is 0.0807 e. The minimum absolute atomic E-state index is 0.0556. The summed E-state index contributed by atoms with van der Waals surface area (Å²) in [6.07, 6.45) is 0.574. The van der Waals surface area contributed by atoms with Gasteiger partial charge in [0.05, 0.1) is 12.7 Å². The van der Waals surface area contributed by atoms with Crippen molar-refractivity contribution in [1.82, 2.24) is 0 Å². The Balaban J connectivity index is 3.07. The zero-order valence-corrected chi connectivity index (χ0v) is 5.39. The van der Waals surface area contributed by atoms with Crippen LogP contribution in [0.4, 0.5) is 0 Å². The van der Waals surface area contributed by atoms with E-state index in [0.717, 1.165) is 0 Å². The highest BCUT2D eigenvalue weighted by Crippen LogP contribution is 1.93. The molecule has 0 bridgehead atoms. The molecule has 0 saturated carbocycles. The van der Waals surface area contributed by atoms with Crippen molar-refractivity contribution < 1.29 is 9.47 Å². The number of ether oxygens (including phenoxy) is 2. The van der Waals surface area contributed by atoms with E-state index in [1.807, 2.05) is 0 Å². The summed E-state index contributed by atoms with van der Waals surface area (Å²) < 4.78 is 9.67. The third-order valence-corrected chi connectivity index (χ3v) is 0.949. The quantitative estimate of drug-likeness (QED) is 0.539. The van der Waals surface area contributed by atoms with Gasteiger partial charge in [-0.25, -0.2) is 0 Å². The van der Waals surface area contributed by atoms with Gasteiger partial charge in [0.25, 0.3) is 0 Å². The van der Waals surface area contributed by atoms with Crippen molar-refractivity contribution in [2.75, 3.05) is 20.8 Å². The molecule has 0 N–H and O–H groups in total. The topological polar surface area (TPSA) is 18.5 Å². The Morgan fingerprint density at radius 1 is 1.50 bits per heavy atom. The summed E-state index contributed by atoms with van der Waals surface area (Å²) >= 11 is 0. The predicted octanol–water partition coefficient (Wildman–Crippen LogP) is 0.749. The molecular formula is C6H12O2. The minimum atomic E-state index is 0.0556. The van der Waals surface area contributed by atoms with Gasteiger partial charge in [0, 0.05) is 14.2 Å². The summed E-state index contributed by atoms with van der Waals surface area (Å²) in [7, 11) is 3.25. The molecule has 2 nitrogen and oxygen atoms in total. The van der Waals surface area contributed by atoms with Crippen molar-refractivity contribution in [2.24, 2.45) is 0 Å². The molecule has 1 unspecified atom stereocenters. The molecule has 0 aromatic heterocycles. The molecule has 0 aliphatic heterocycles. The largest absolute Gasteiger partial charge is 0.382 e. The Bertz CT molecular complexity index is 41.8. The van der Waals surface area contributed by atoms with Gasteiger partial charge in [-0.15, -0.1) is 0 Å². The first-order valence-corrected chi connectivity index (χ1v) is 2.57. The van der Waals surface area contributed by atoms with Gasteiger partial charge in [0.2, 0.25) is 0 Å². The van der Waals surface area contributed by atoms with Crippen LogP contribution in [-0.4, -0.2) is 26.9 Å². The lowest BCUT2D eigenvalue weighted by atomic mass is 10.3. The molecular weight excluding hydrogens is 104 g/mol. The lowest BCUT2D eigenvalue weighted by Gasteiger charge is -2.09. The second kappa shape index (κ2) is 5.06. The Morgan fingerprint density at radius 2 is 2.12 bits per heavy atom. The van der Waals surface area contributed by atoms with E-state index in [-0.39, 0.29) is 6.10 Å². The maximum absolute atomic E-state index is 5.26. The smallest absolute Gasteiger partial charge is 0.0807 e. The first kappa shape index (κ1) is 7.92. The molecule has 2 radical (unpaired) electrons. The van der Waals surface area contributed by atoms with Crippen LogP contribution in [0.2, 0.25) is 0 Å². The first-order valence-electron chi connectivity index (χ1n) is 2.57. The van der Waals surface area contributed by atoms with Crippen LogP contribution < -0.4 is 0 Å². The van der Waals surface area contributed by atoms with Gasteiger partial charge in [-0.1, -0.05) is 0 Å². The highest BCUT2D eigenvalue weighted by molar-refractivity contribution is 4.55. The fourth-order valence-electron chi connectivity index (χ4n) is 0.418. The molecule has 0 rings (SSSR count). The van der Waals surface area contributed by atoms with Crippen molar-refractivity contribution in [3.8, 4) is 0 Å². The van der Waals surface area contributed by atoms with Gasteiger partial charge < -0.3 is 9.47 Å². The lowest BCUT2D eigenvalue weighted by molar-refractivity contribution is 0.0301. The average molecular weight is 116 g/mol. The van der Waals surface area contributed by atoms with E-state index < -0.39 is 0 Å². The fourth-order valence-corrected chi connectivity index (χ4v) is 0.418. The molecule has 1 atom stereocenters. The van der Waals surface area contributed by atoms with Crippen LogP contribution in [0.3, 0.4) is 0 Å². The first-order chi connectivity index (χ1) is 3.85. The van der Waals surface area contributed by atoms with Gasteiger partial charge >= 0.3 is 0 Å².